The maximum absolute atomic E-state index is 2.42. The van der Waals surface area contributed by atoms with Gasteiger partial charge in [0.1, 0.15) is 0 Å². The summed E-state index contributed by atoms with van der Waals surface area (Å²) in [5, 5.41) is 12.6. The molecule has 0 amide bonds. The summed E-state index contributed by atoms with van der Waals surface area (Å²) in [7, 11) is 0. The summed E-state index contributed by atoms with van der Waals surface area (Å²) < 4.78 is 0. The SMILES string of the molecule is c1ccc(-c2cc(-c3ccccc3)c(-c3ccc(-c4c5ccccc5c(-c5ccc6ccc7cc8ccccc8cc7c6c5)c5ccccc45)cc3)c(-c3ccccc3)c2)cc1. The van der Waals surface area contributed by atoms with E-state index in [1.165, 1.54) is 121 Å². The smallest absolute Gasteiger partial charge is 0.00261 e. The number of hydrogen-bond acceptors (Lipinski definition) is 0. The van der Waals surface area contributed by atoms with E-state index in [0.717, 1.165) is 0 Å². The molecular weight excluding hydrogens is 745 g/mol. The third-order valence-electron chi connectivity index (χ3n) is 12.8. The van der Waals surface area contributed by atoms with Crippen molar-refractivity contribution in [2.75, 3.05) is 0 Å². The van der Waals surface area contributed by atoms with Crippen LogP contribution in [0.3, 0.4) is 0 Å². The van der Waals surface area contributed by atoms with Crippen LogP contribution in [-0.2, 0) is 0 Å². The normalized spacial score (nSPS) is 11.5. The predicted octanol–water partition coefficient (Wildman–Crippen LogP) is 17.5. The highest BCUT2D eigenvalue weighted by Crippen LogP contribution is 2.47. The van der Waals surface area contributed by atoms with E-state index in [1.807, 2.05) is 0 Å². The number of rotatable bonds is 6. The predicted molar refractivity (Wildman–Crippen MR) is 267 cm³/mol. The molecule has 0 fully saturated rings. The molecule has 0 saturated carbocycles. The first kappa shape index (κ1) is 35.8. The molecule has 0 N–H and O–H groups in total. The molecule has 0 bridgehead atoms. The van der Waals surface area contributed by atoms with Crippen molar-refractivity contribution < 1.29 is 0 Å². The molecule has 0 aliphatic rings. The van der Waals surface area contributed by atoms with Gasteiger partial charge in [0.25, 0.3) is 0 Å². The van der Waals surface area contributed by atoms with E-state index in [0.29, 0.717) is 0 Å². The average Bonchev–Trinajstić information content (AvgIpc) is 3.35. The van der Waals surface area contributed by atoms with E-state index in [1.54, 1.807) is 0 Å². The monoisotopic (exact) mass is 784 g/mol. The van der Waals surface area contributed by atoms with Gasteiger partial charge in [0.2, 0.25) is 0 Å². The number of benzene rings is 12. The molecule has 0 aromatic heterocycles. The quantitative estimate of drug-likeness (QED) is 0.116. The van der Waals surface area contributed by atoms with E-state index >= 15 is 0 Å². The highest BCUT2D eigenvalue weighted by Gasteiger charge is 2.20. The molecule has 0 heterocycles. The molecule has 288 valence electrons. The van der Waals surface area contributed by atoms with Gasteiger partial charge in [0.15, 0.2) is 0 Å². The Hall–Kier alpha value is -8.06. The zero-order valence-electron chi connectivity index (χ0n) is 34.1. The van der Waals surface area contributed by atoms with Crippen LogP contribution in [0, 0.1) is 0 Å². The maximum Gasteiger partial charge on any atom is -0.00261 e. The van der Waals surface area contributed by atoms with Gasteiger partial charge in [-0.3, -0.25) is 0 Å². The van der Waals surface area contributed by atoms with E-state index in [-0.39, 0.29) is 0 Å². The molecule has 12 rings (SSSR count). The van der Waals surface area contributed by atoms with Gasteiger partial charge in [0, 0.05) is 0 Å². The summed E-state index contributed by atoms with van der Waals surface area (Å²) >= 11 is 0. The Morgan fingerprint density at radius 2 is 0.548 bits per heavy atom. The van der Waals surface area contributed by atoms with Crippen LogP contribution < -0.4 is 0 Å². The van der Waals surface area contributed by atoms with Crippen LogP contribution in [0.1, 0.15) is 0 Å². The largest absolute Gasteiger partial charge is 0.0622 e. The van der Waals surface area contributed by atoms with E-state index in [4.69, 9.17) is 0 Å². The van der Waals surface area contributed by atoms with Crippen LogP contribution in [0.15, 0.2) is 243 Å². The molecular formula is C62H40. The molecule has 0 atom stereocenters. The highest BCUT2D eigenvalue weighted by atomic mass is 14.2. The van der Waals surface area contributed by atoms with Crippen molar-refractivity contribution in [2.45, 2.75) is 0 Å². The Morgan fingerprint density at radius 3 is 1.10 bits per heavy atom. The Kier molecular flexibility index (Phi) is 8.61. The van der Waals surface area contributed by atoms with Gasteiger partial charge in [-0.15, -0.1) is 0 Å². The van der Waals surface area contributed by atoms with Gasteiger partial charge in [-0.2, -0.15) is 0 Å². The first-order valence-corrected chi connectivity index (χ1v) is 21.5. The van der Waals surface area contributed by atoms with Crippen molar-refractivity contribution >= 4 is 53.9 Å². The minimum absolute atomic E-state index is 1.19. The van der Waals surface area contributed by atoms with E-state index in [2.05, 4.69) is 243 Å². The third kappa shape index (κ3) is 6.08. The van der Waals surface area contributed by atoms with Crippen molar-refractivity contribution in [1.29, 1.82) is 0 Å². The molecule has 0 saturated heterocycles. The molecule has 12 aromatic carbocycles. The second-order valence-corrected chi connectivity index (χ2v) is 16.4. The van der Waals surface area contributed by atoms with Gasteiger partial charge >= 0.3 is 0 Å². The lowest BCUT2D eigenvalue weighted by Gasteiger charge is -2.20. The fourth-order valence-corrected chi connectivity index (χ4v) is 9.89. The van der Waals surface area contributed by atoms with Gasteiger partial charge in [-0.1, -0.05) is 212 Å². The molecule has 0 radical (unpaired) electrons. The average molecular weight is 785 g/mol. The van der Waals surface area contributed by atoms with E-state index < -0.39 is 0 Å². The zero-order valence-corrected chi connectivity index (χ0v) is 34.1. The second-order valence-electron chi connectivity index (χ2n) is 16.4. The highest BCUT2D eigenvalue weighted by molar-refractivity contribution is 6.22. The minimum Gasteiger partial charge on any atom is -0.0622 e. The molecule has 0 spiro atoms. The molecule has 62 heavy (non-hydrogen) atoms. The van der Waals surface area contributed by atoms with Gasteiger partial charge in [0.05, 0.1) is 0 Å². The lowest BCUT2D eigenvalue weighted by molar-refractivity contribution is 1.54. The lowest BCUT2D eigenvalue weighted by atomic mass is 9.83. The summed E-state index contributed by atoms with van der Waals surface area (Å²) in [6.45, 7) is 0. The molecule has 0 aliphatic heterocycles. The summed E-state index contributed by atoms with van der Waals surface area (Å²) in [5.41, 5.74) is 14.6. The maximum atomic E-state index is 2.42. The standard InChI is InChI=1S/C62H40/c1-4-16-41(17-5-1)51-39-58(42-18-6-2-7-19-42)61(59(40-51)43-20-8-3-9-21-43)46-32-30-45(31-33-46)60-52-24-12-14-26-54(52)62(55-27-15-13-25-53(55)60)50-35-29-44-28-34-49-36-47-22-10-11-23-48(47)37-57(49)56(44)38-50/h1-40H. The molecule has 0 heteroatoms. The zero-order chi connectivity index (χ0) is 41.0. The second kappa shape index (κ2) is 14.9. The van der Waals surface area contributed by atoms with Crippen molar-refractivity contribution in [3.8, 4) is 66.8 Å². The summed E-state index contributed by atoms with van der Waals surface area (Å²) in [6, 6.07) is 89.4. The topological polar surface area (TPSA) is 0 Å². The summed E-state index contributed by atoms with van der Waals surface area (Å²) in [5.74, 6) is 0. The Morgan fingerprint density at radius 1 is 0.161 bits per heavy atom. The Labute approximate surface area is 361 Å². The van der Waals surface area contributed by atoms with Crippen molar-refractivity contribution in [2.24, 2.45) is 0 Å². The summed E-state index contributed by atoms with van der Waals surface area (Å²) in [4.78, 5) is 0. The Balaban J connectivity index is 1.05. The molecule has 12 aromatic rings. The number of hydrogen-bond donors (Lipinski definition) is 0. The Bertz CT molecular complexity index is 3520. The fraction of sp³-hybridized carbons (Fsp3) is 0. The molecule has 0 aliphatic carbocycles. The molecule has 0 nitrogen and oxygen atoms in total. The number of fused-ring (bicyclic) bond motifs is 6. The van der Waals surface area contributed by atoms with Crippen LogP contribution in [0.5, 0.6) is 0 Å². The first-order chi connectivity index (χ1) is 30.7. The summed E-state index contributed by atoms with van der Waals surface area (Å²) in [6.07, 6.45) is 0. The van der Waals surface area contributed by atoms with E-state index in [9.17, 15) is 0 Å². The minimum atomic E-state index is 1.19. The van der Waals surface area contributed by atoms with Crippen LogP contribution in [-0.4, -0.2) is 0 Å². The van der Waals surface area contributed by atoms with Gasteiger partial charge in [-0.05, 0) is 151 Å². The first-order valence-electron chi connectivity index (χ1n) is 21.5. The van der Waals surface area contributed by atoms with Crippen LogP contribution in [0.4, 0.5) is 0 Å². The van der Waals surface area contributed by atoms with Crippen LogP contribution in [0.2, 0.25) is 0 Å². The lowest BCUT2D eigenvalue weighted by Crippen LogP contribution is -1.94. The van der Waals surface area contributed by atoms with Gasteiger partial charge < -0.3 is 0 Å². The fourth-order valence-electron chi connectivity index (χ4n) is 9.89. The van der Waals surface area contributed by atoms with Crippen LogP contribution in [0.25, 0.3) is 121 Å². The molecule has 0 unspecified atom stereocenters. The van der Waals surface area contributed by atoms with Crippen molar-refractivity contribution in [3.05, 3.63) is 243 Å². The van der Waals surface area contributed by atoms with Gasteiger partial charge in [-0.25, -0.2) is 0 Å². The third-order valence-corrected chi connectivity index (χ3v) is 12.8. The van der Waals surface area contributed by atoms with Crippen molar-refractivity contribution in [1.82, 2.24) is 0 Å². The van der Waals surface area contributed by atoms with Crippen molar-refractivity contribution in [3.63, 3.8) is 0 Å². The van der Waals surface area contributed by atoms with Crippen LogP contribution >= 0.6 is 0 Å².